The number of anilines is 1. The lowest BCUT2D eigenvalue weighted by Crippen LogP contribution is -2.05. The molecular weight excluding hydrogens is 294 g/mol. The molecule has 0 atom stereocenters. The van der Waals surface area contributed by atoms with Crippen molar-refractivity contribution in [3.63, 3.8) is 0 Å². The van der Waals surface area contributed by atoms with Gasteiger partial charge in [0.2, 0.25) is 5.88 Å². The molecule has 0 saturated heterocycles. The number of pyridine rings is 2. The Morgan fingerprint density at radius 3 is 2.94 bits per heavy atom. The van der Waals surface area contributed by atoms with Crippen molar-refractivity contribution < 1.29 is 4.74 Å². The van der Waals surface area contributed by atoms with Crippen molar-refractivity contribution in [2.24, 2.45) is 0 Å². The first-order valence-corrected chi connectivity index (χ1v) is 6.34. The van der Waals surface area contributed by atoms with E-state index in [2.05, 4.69) is 31.2 Å². The molecule has 2 heterocycles. The van der Waals surface area contributed by atoms with E-state index in [-0.39, 0.29) is 0 Å². The summed E-state index contributed by atoms with van der Waals surface area (Å²) in [7, 11) is 1.62. The maximum Gasteiger partial charge on any atom is 0.218 e. The third-order valence-corrected chi connectivity index (χ3v) is 2.97. The Hall–Kier alpha value is -1.62. The van der Waals surface area contributed by atoms with E-state index in [1.54, 1.807) is 19.5 Å². The van der Waals surface area contributed by atoms with Gasteiger partial charge in [-0.15, -0.1) is 0 Å². The fraction of sp³-hybridized carbons (Fsp3) is 0.231. The Kier molecular flexibility index (Phi) is 4.15. The van der Waals surface area contributed by atoms with E-state index in [9.17, 15) is 0 Å². The Balaban J connectivity index is 2.11. The fourth-order valence-electron chi connectivity index (χ4n) is 1.65. The van der Waals surface area contributed by atoms with Crippen LogP contribution < -0.4 is 10.1 Å². The SMILES string of the molecule is COc1ncccc1CNc1ncc(Br)cc1C. The van der Waals surface area contributed by atoms with Gasteiger partial charge in [0.15, 0.2) is 0 Å². The Labute approximate surface area is 115 Å². The van der Waals surface area contributed by atoms with Crippen LogP contribution in [0.1, 0.15) is 11.1 Å². The highest BCUT2D eigenvalue weighted by molar-refractivity contribution is 9.10. The Morgan fingerprint density at radius 2 is 2.22 bits per heavy atom. The van der Waals surface area contributed by atoms with E-state index >= 15 is 0 Å². The van der Waals surface area contributed by atoms with E-state index in [4.69, 9.17) is 4.74 Å². The molecule has 94 valence electrons. The van der Waals surface area contributed by atoms with Gasteiger partial charge in [0, 0.05) is 29.0 Å². The van der Waals surface area contributed by atoms with Crippen molar-refractivity contribution in [3.8, 4) is 5.88 Å². The highest BCUT2D eigenvalue weighted by Gasteiger charge is 2.05. The summed E-state index contributed by atoms with van der Waals surface area (Å²) in [6.07, 6.45) is 3.49. The third-order valence-electron chi connectivity index (χ3n) is 2.53. The summed E-state index contributed by atoms with van der Waals surface area (Å²) in [5.41, 5.74) is 2.09. The second-order valence-electron chi connectivity index (χ2n) is 3.84. The van der Waals surface area contributed by atoms with Gasteiger partial charge in [-0.05, 0) is 40.5 Å². The first kappa shape index (κ1) is 12.8. The predicted octanol–water partition coefficient (Wildman–Crippen LogP) is 3.17. The monoisotopic (exact) mass is 307 g/mol. The van der Waals surface area contributed by atoms with Crippen LogP contribution in [0.15, 0.2) is 35.1 Å². The van der Waals surface area contributed by atoms with Crippen molar-refractivity contribution >= 4 is 21.7 Å². The number of hydrogen-bond donors (Lipinski definition) is 1. The molecule has 2 aromatic heterocycles. The topological polar surface area (TPSA) is 47.0 Å². The first-order valence-electron chi connectivity index (χ1n) is 5.54. The average molecular weight is 308 g/mol. The van der Waals surface area contributed by atoms with Crippen LogP contribution in [0.5, 0.6) is 5.88 Å². The molecule has 0 fully saturated rings. The summed E-state index contributed by atoms with van der Waals surface area (Å²) in [4.78, 5) is 8.49. The lowest BCUT2D eigenvalue weighted by Gasteiger charge is -2.10. The van der Waals surface area contributed by atoms with Crippen LogP contribution in [0.4, 0.5) is 5.82 Å². The summed E-state index contributed by atoms with van der Waals surface area (Å²) in [6, 6.07) is 5.89. The number of ether oxygens (including phenoxy) is 1. The number of halogens is 1. The van der Waals surface area contributed by atoms with Gasteiger partial charge >= 0.3 is 0 Å². The van der Waals surface area contributed by atoms with Crippen LogP contribution in [-0.4, -0.2) is 17.1 Å². The van der Waals surface area contributed by atoms with Crippen LogP contribution in [-0.2, 0) is 6.54 Å². The number of rotatable bonds is 4. The summed E-state index contributed by atoms with van der Waals surface area (Å²) < 4.78 is 6.18. The molecule has 0 aliphatic rings. The van der Waals surface area contributed by atoms with Crippen LogP contribution in [0, 0.1) is 6.92 Å². The lowest BCUT2D eigenvalue weighted by atomic mass is 10.2. The van der Waals surface area contributed by atoms with Crippen LogP contribution >= 0.6 is 15.9 Å². The van der Waals surface area contributed by atoms with Crippen molar-refractivity contribution in [2.45, 2.75) is 13.5 Å². The number of aryl methyl sites for hydroxylation is 1. The van der Waals surface area contributed by atoms with Gasteiger partial charge in [-0.3, -0.25) is 0 Å². The maximum absolute atomic E-state index is 5.20. The number of hydrogen-bond acceptors (Lipinski definition) is 4. The van der Waals surface area contributed by atoms with E-state index in [0.29, 0.717) is 12.4 Å². The van der Waals surface area contributed by atoms with Gasteiger partial charge in [-0.25, -0.2) is 9.97 Å². The van der Waals surface area contributed by atoms with Crippen molar-refractivity contribution in [1.29, 1.82) is 0 Å². The molecule has 0 radical (unpaired) electrons. The maximum atomic E-state index is 5.20. The third kappa shape index (κ3) is 2.98. The molecule has 0 unspecified atom stereocenters. The molecule has 2 aromatic rings. The van der Waals surface area contributed by atoms with Gasteiger partial charge in [-0.2, -0.15) is 0 Å². The smallest absolute Gasteiger partial charge is 0.218 e. The molecule has 18 heavy (non-hydrogen) atoms. The molecule has 0 amide bonds. The average Bonchev–Trinajstić information content (AvgIpc) is 2.38. The number of nitrogens with zero attached hydrogens (tertiary/aromatic N) is 2. The minimum atomic E-state index is 0.631. The van der Waals surface area contributed by atoms with Crippen LogP contribution in [0.25, 0.3) is 0 Å². The minimum Gasteiger partial charge on any atom is -0.481 e. The van der Waals surface area contributed by atoms with E-state index in [0.717, 1.165) is 21.4 Å². The normalized spacial score (nSPS) is 10.2. The Morgan fingerprint density at radius 1 is 1.39 bits per heavy atom. The zero-order valence-electron chi connectivity index (χ0n) is 10.3. The molecule has 0 bridgehead atoms. The zero-order valence-corrected chi connectivity index (χ0v) is 11.9. The van der Waals surface area contributed by atoms with Gasteiger partial charge in [0.05, 0.1) is 7.11 Å². The van der Waals surface area contributed by atoms with E-state index in [1.165, 1.54) is 0 Å². The van der Waals surface area contributed by atoms with Crippen molar-refractivity contribution in [3.05, 3.63) is 46.2 Å². The highest BCUT2D eigenvalue weighted by Crippen LogP contribution is 2.19. The molecule has 2 rings (SSSR count). The van der Waals surface area contributed by atoms with E-state index < -0.39 is 0 Å². The molecule has 4 nitrogen and oxygen atoms in total. The molecule has 0 aliphatic carbocycles. The lowest BCUT2D eigenvalue weighted by molar-refractivity contribution is 0.393. The number of methoxy groups -OCH3 is 1. The molecule has 5 heteroatoms. The molecule has 0 aliphatic heterocycles. The predicted molar refractivity (Wildman–Crippen MR) is 74.8 cm³/mol. The largest absolute Gasteiger partial charge is 0.481 e. The van der Waals surface area contributed by atoms with Crippen LogP contribution in [0.2, 0.25) is 0 Å². The summed E-state index contributed by atoms with van der Waals surface area (Å²) in [5, 5.41) is 3.28. The first-order chi connectivity index (χ1) is 8.70. The quantitative estimate of drug-likeness (QED) is 0.942. The van der Waals surface area contributed by atoms with Crippen molar-refractivity contribution in [2.75, 3.05) is 12.4 Å². The second-order valence-corrected chi connectivity index (χ2v) is 4.76. The van der Waals surface area contributed by atoms with Crippen LogP contribution in [0.3, 0.4) is 0 Å². The summed E-state index contributed by atoms with van der Waals surface area (Å²) >= 11 is 3.39. The minimum absolute atomic E-state index is 0.631. The number of nitrogens with one attached hydrogen (secondary N) is 1. The van der Waals surface area contributed by atoms with E-state index in [1.807, 2.05) is 25.1 Å². The summed E-state index contributed by atoms with van der Waals surface area (Å²) in [6.45, 7) is 2.65. The second kappa shape index (κ2) is 5.82. The number of aromatic nitrogens is 2. The Bertz CT molecular complexity index is 546. The van der Waals surface area contributed by atoms with Crippen molar-refractivity contribution in [1.82, 2.24) is 9.97 Å². The molecular formula is C13H14BrN3O. The molecule has 0 aromatic carbocycles. The van der Waals surface area contributed by atoms with Gasteiger partial charge in [-0.1, -0.05) is 6.07 Å². The highest BCUT2D eigenvalue weighted by atomic mass is 79.9. The van der Waals surface area contributed by atoms with Gasteiger partial charge in [0.25, 0.3) is 0 Å². The standard InChI is InChI=1S/C13H14BrN3O/c1-9-6-11(14)8-17-12(9)16-7-10-4-3-5-15-13(10)18-2/h3-6,8H,7H2,1-2H3,(H,16,17). The van der Waals surface area contributed by atoms with Gasteiger partial charge in [0.1, 0.15) is 5.82 Å². The van der Waals surface area contributed by atoms with Gasteiger partial charge < -0.3 is 10.1 Å². The summed E-state index contributed by atoms with van der Waals surface area (Å²) in [5.74, 6) is 1.50. The molecule has 1 N–H and O–H groups in total. The molecule has 0 spiro atoms. The zero-order chi connectivity index (χ0) is 13.0. The fourth-order valence-corrected chi connectivity index (χ4v) is 2.09. The molecule has 0 saturated carbocycles.